The third-order valence-electron chi connectivity index (χ3n) is 6.73. The Bertz CT molecular complexity index is 1310. The van der Waals surface area contributed by atoms with Crippen molar-refractivity contribution in [2.24, 2.45) is 0 Å². The summed E-state index contributed by atoms with van der Waals surface area (Å²) in [5, 5.41) is 10.1. The highest BCUT2D eigenvalue weighted by molar-refractivity contribution is 5.98. The van der Waals surface area contributed by atoms with Crippen molar-refractivity contribution >= 4 is 28.8 Å². The first-order chi connectivity index (χ1) is 16.7. The Balaban J connectivity index is 1.39. The summed E-state index contributed by atoms with van der Waals surface area (Å²) in [5.74, 6) is -4.39. The highest BCUT2D eigenvalue weighted by Gasteiger charge is 2.36. The lowest BCUT2D eigenvalue weighted by molar-refractivity contribution is -0.141. The number of amides is 2. The number of carbonyl (C=O) groups is 3. The molecule has 2 amide bonds. The maximum absolute atomic E-state index is 13.4. The number of halogens is 2. The standard InChI is InChI=1S/C25H24F2N4O4/c26-25(27)7-11-29(12-8-25)22(32)18-13-16-6-10-30(21(16)28-15-18)19-4-1-3-17(14-19)23(33)31-9-2-5-20(31)24(34)35/h1,3-4,6,10,13-15,20H,2,5,7-9,11-12H2,(H,34,35)/t20-/m0/s1. The van der Waals surface area contributed by atoms with E-state index in [2.05, 4.69) is 4.98 Å². The van der Waals surface area contributed by atoms with Gasteiger partial charge in [0.15, 0.2) is 0 Å². The Kier molecular flexibility index (Phi) is 5.74. The van der Waals surface area contributed by atoms with E-state index in [9.17, 15) is 28.3 Å². The zero-order chi connectivity index (χ0) is 24.7. The summed E-state index contributed by atoms with van der Waals surface area (Å²) in [6.45, 7) is 0.413. The van der Waals surface area contributed by atoms with Gasteiger partial charge in [-0.15, -0.1) is 0 Å². The van der Waals surface area contributed by atoms with Crippen LogP contribution in [0.2, 0.25) is 0 Å². The van der Waals surface area contributed by atoms with Crippen LogP contribution in [0.5, 0.6) is 0 Å². The van der Waals surface area contributed by atoms with Crippen LogP contribution in [0, 0.1) is 0 Å². The second kappa shape index (κ2) is 8.75. The van der Waals surface area contributed by atoms with Crippen molar-refractivity contribution in [1.82, 2.24) is 19.4 Å². The minimum Gasteiger partial charge on any atom is -0.480 e. The zero-order valence-corrected chi connectivity index (χ0v) is 18.9. The Morgan fingerprint density at radius 2 is 1.77 bits per heavy atom. The van der Waals surface area contributed by atoms with E-state index in [0.29, 0.717) is 47.2 Å². The number of aromatic nitrogens is 2. The number of hydrogen-bond acceptors (Lipinski definition) is 4. The number of nitrogens with zero attached hydrogens (tertiary/aromatic N) is 4. The first-order valence-electron chi connectivity index (χ1n) is 11.5. The number of benzene rings is 1. The van der Waals surface area contributed by atoms with Gasteiger partial charge in [0.25, 0.3) is 17.7 Å². The monoisotopic (exact) mass is 482 g/mol. The van der Waals surface area contributed by atoms with Crippen LogP contribution in [0.3, 0.4) is 0 Å². The van der Waals surface area contributed by atoms with E-state index in [-0.39, 0.29) is 37.7 Å². The summed E-state index contributed by atoms with van der Waals surface area (Å²) >= 11 is 0. The van der Waals surface area contributed by atoms with Crippen LogP contribution >= 0.6 is 0 Å². The van der Waals surface area contributed by atoms with Crippen LogP contribution < -0.4 is 0 Å². The fourth-order valence-electron chi connectivity index (χ4n) is 4.79. The third kappa shape index (κ3) is 4.36. The summed E-state index contributed by atoms with van der Waals surface area (Å²) in [6, 6.07) is 9.54. The van der Waals surface area contributed by atoms with Crippen molar-refractivity contribution in [3.05, 3.63) is 59.9 Å². The largest absolute Gasteiger partial charge is 0.480 e. The van der Waals surface area contributed by atoms with E-state index in [1.54, 1.807) is 41.1 Å². The molecule has 2 saturated heterocycles. The van der Waals surface area contributed by atoms with Crippen molar-refractivity contribution in [3.63, 3.8) is 0 Å². The summed E-state index contributed by atoms with van der Waals surface area (Å²) < 4.78 is 28.6. The molecule has 0 aliphatic carbocycles. The molecule has 0 radical (unpaired) electrons. The molecule has 2 fully saturated rings. The van der Waals surface area contributed by atoms with Gasteiger partial charge in [0.05, 0.1) is 5.56 Å². The summed E-state index contributed by atoms with van der Waals surface area (Å²) in [4.78, 5) is 44.6. The molecule has 4 heterocycles. The van der Waals surface area contributed by atoms with Gasteiger partial charge in [0.1, 0.15) is 11.7 Å². The topological polar surface area (TPSA) is 95.7 Å². The van der Waals surface area contributed by atoms with Gasteiger partial charge < -0.3 is 19.5 Å². The van der Waals surface area contributed by atoms with Gasteiger partial charge in [-0.05, 0) is 43.2 Å². The maximum Gasteiger partial charge on any atom is 0.326 e. The lowest BCUT2D eigenvalue weighted by atomic mass is 10.1. The molecule has 182 valence electrons. The zero-order valence-electron chi connectivity index (χ0n) is 18.9. The smallest absolute Gasteiger partial charge is 0.326 e. The Hall–Kier alpha value is -3.82. The number of aliphatic carboxylic acids is 1. The molecule has 0 spiro atoms. The Morgan fingerprint density at radius 1 is 1.00 bits per heavy atom. The number of fused-ring (bicyclic) bond motifs is 1. The number of carboxylic acids is 1. The first kappa shape index (κ1) is 22.9. The maximum atomic E-state index is 13.4. The van der Waals surface area contributed by atoms with E-state index in [0.717, 1.165) is 0 Å². The van der Waals surface area contributed by atoms with E-state index < -0.39 is 17.9 Å². The normalized spacial score (nSPS) is 19.8. The predicted octanol–water partition coefficient (Wildman–Crippen LogP) is 3.59. The van der Waals surface area contributed by atoms with E-state index in [1.807, 2.05) is 6.07 Å². The number of hydrogen-bond donors (Lipinski definition) is 1. The van der Waals surface area contributed by atoms with Crippen LogP contribution in [-0.4, -0.2) is 73.8 Å². The molecule has 3 aromatic rings. The van der Waals surface area contributed by atoms with E-state index >= 15 is 0 Å². The Labute approximate surface area is 199 Å². The summed E-state index contributed by atoms with van der Waals surface area (Å²) in [5.41, 5.74) is 1.95. The van der Waals surface area contributed by atoms with Crippen LogP contribution in [0.15, 0.2) is 48.8 Å². The quantitative estimate of drug-likeness (QED) is 0.613. The van der Waals surface area contributed by atoms with Crippen LogP contribution in [-0.2, 0) is 4.79 Å². The molecule has 2 aliphatic heterocycles. The van der Waals surface area contributed by atoms with Gasteiger partial charge in [0.2, 0.25) is 0 Å². The van der Waals surface area contributed by atoms with Gasteiger partial charge in [-0.3, -0.25) is 9.59 Å². The molecule has 2 aliphatic rings. The van der Waals surface area contributed by atoms with Gasteiger partial charge in [-0.1, -0.05) is 6.07 Å². The molecular weight excluding hydrogens is 458 g/mol. The van der Waals surface area contributed by atoms with E-state index in [1.165, 1.54) is 16.0 Å². The molecule has 1 aromatic carbocycles. The Morgan fingerprint density at radius 3 is 2.51 bits per heavy atom. The molecule has 0 saturated carbocycles. The highest BCUT2D eigenvalue weighted by atomic mass is 19.3. The van der Waals surface area contributed by atoms with Gasteiger partial charge >= 0.3 is 5.97 Å². The average Bonchev–Trinajstić information content (AvgIpc) is 3.50. The van der Waals surface area contributed by atoms with Gasteiger partial charge in [-0.2, -0.15) is 0 Å². The number of piperidine rings is 1. The molecule has 8 nitrogen and oxygen atoms in total. The first-order valence-corrected chi connectivity index (χ1v) is 11.5. The predicted molar refractivity (Wildman–Crippen MR) is 123 cm³/mol. The lowest BCUT2D eigenvalue weighted by Gasteiger charge is -2.31. The van der Waals surface area contributed by atoms with Crippen LogP contribution in [0.4, 0.5) is 8.78 Å². The molecule has 0 unspecified atom stereocenters. The molecule has 10 heteroatoms. The number of carbonyl (C=O) groups excluding carboxylic acids is 2. The second-order valence-corrected chi connectivity index (χ2v) is 9.02. The van der Waals surface area contributed by atoms with E-state index in [4.69, 9.17) is 0 Å². The van der Waals surface area contributed by atoms with Crippen LogP contribution in [0.1, 0.15) is 46.4 Å². The number of alkyl halides is 2. The SMILES string of the molecule is O=C(O)[C@@H]1CCCN1C(=O)c1cccc(-n2ccc3cc(C(=O)N4CCC(F)(F)CC4)cnc32)c1. The van der Waals surface area contributed by atoms with Crippen LogP contribution in [0.25, 0.3) is 16.7 Å². The highest BCUT2D eigenvalue weighted by Crippen LogP contribution is 2.29. The van der Waals surface area contributed by atoms with Crippen molar-refractivity contribution in [2.75, 3.05) is 19.6 Å². The van der Waals surface area contributed by atoms with Gasteiger partial charge in [0, 0.05) is 61.5 Å². The number of pyridine rings is 1. The average molecular weight is 482 g/mol. The minimum atomic E-state index is -2.73. The summed E-state index contributed by atoms with van der Waals surface area (Å²) in [6.07, 6.45) is 3.61. The molecule has 5 rings (SSSR count). The van der Waals surface area contributed by atoms with Crippen molar-refractivity contribution in [2.45, 2.75) is 37.6 Å². The minimum absolute atomic E-state index is 0.00541. The molecular formula is C25H24F2N4O4. The molecule has 35 heavy (non-hydrogen) atoms. The molecule has 1 N–H and O–H groups in total. The lowest BCUT2D eigenvalue weighted by Crippen LogP contribution is -2.42. The number of likely N-dealkylation sites (tertiary alicyclic amines) is 2. The molecule has 0 bridgehead atoms. The fraction of sp³-hybridized carbons (Fsp3) is 0.360. The van der Waals surface area contributed by atoms with Gasteiger partial charge in [-0.25, -0.2) is 18.6 Å². The number of carboxylic acid groups (broad SMARTS) is 1. The van der Waals surface area contributed by atoms with Crippen molar-refractivity contribution < 1.29 is 28.3 Å². The van der Waals surface area contributed by atoms with Crippen molar-refractivity contribution in [1.29, 1.82) is 0 Å². The fourth-order valence-corrected chi connectivity index (χ4v) is 4.79. The number of rotatable bonds is 4. The third-order valence-corrected chi connectivity index (χ3v) is 6.73. The molecule has 2 aromatic heterocycles. The molecule has 1 atom stereocenters. The second-order valence-electron chi connectivity index (χ2n) is 9.02. The van der Waals surface area contributed by atoms with Crippen molar-refractivity contribution in [3.8, 4) is 5.69 Å². The summed E-state index contributed by atoms with van der Waals surface area (Å²) in [7, 11) is 0.